The number of nitrogens with zero attached hydrogens (tertiary/aromatic N) is 1. The summed E-state index contributed by atoms with van der Waals surface area (Å²) in [6.45, 7) is 2.42. The van der Waals surface area contributed by atoms with E-state index in [0.29, 0.717) is 13.0 Å². The lowest BCUT2D eigenvalue weighted by Crippen LogP contribution is -2.27. The van der Waals surface area contributed by atoms with Gasteiger partial charge in [0.1, 0.15) is 0 Å². The van der Waals surface area contributed by atoms with Crippen LogP contribution in [-0.2, 0) is 16.1 Å². The quantitative estimate of drug-likeness (QED) is 0.827. The lowest BCUT2D eigenvalue weighted by molar-refractivity contribution is -0.125. The van der Waals surface area contributed by atoms with Gasteiger partial charge in [0.15, 0.2) is 0 Å². The minimum atomic E-state index is -0.257. The number of nitrogens with one attached hydrogen (secondary N) is 2. The third-order valence-corrected chi connectivity index (χ3v) is 4.69. The number of aromatic nitrogens is 1. The third-order valence-electron chi connectivity index (χ3n) is 4.04. The van der Waals surface area contributed by atoms with E-state index in [2.05, 4.69) is 31.5 Å². The number of amides is 2. The number of benzene rings is 1. The Balaban J connectivity index is 1.51. The molecule has 2 N–H and O–H groups in total. The van der Waals surface area contributed by atoms with E-state index in [1.165, 1.54) is 0 Å². The van der Waals surface area contributed by atoms with Gasteiger partial charge in [0.05, 0.1) is 17.5 Å². The van der Waals surface area contributed by atoms with E-state index < -0.39 is 0 Å². The molecule has 1 aromatic heterocycles. The first-order valence-electron chi connectivity index (χ1n) is 7.78. The number of carbonyl (C=O) groups excluding carboxylic acids is 2. The Hall–Kier alpha value is -2.21. The highest BCUT2D eigenvalue weighted by atomic mass is 79.9. The fourth-order valence-corrected chi connectivity index (χ4v) is 3.14. The lowest BCUT2D eigenvalue weighted by atomic mass is 10.2. The molecule has 0 spiro atoms. The van der Waals surface area contributed by atoms with Crippen molar-refractivity contribution in [3.05, 3.63) is 58.3 Å². The van der Waals surface area contributed by atoms with E-state index in [4.69, 9.17) is 0 Å². The van der Waals surface area contributed by atoms with E-state index in [1.54, 1.807) is 12.4 Å². The maximum absolute atomic E-state index is 12.3. The summed E-state index contributed by atoms with van der Waals surface area (Å²) >= 11 is 3.44. The number of pyridine rings is 1. The Morgan fingerprint density at radius 2 is 2.04 bits per heavy atom. The van der Waals surface area contributed by atoms with Crippen LogP contribution in [0.15, 0.2) is 47.2 Å². The van der Waals surface area contributed by atoms with E-state index in [-0.39, 0.29) is 23.7 Å². The van der Waals surface area contributed by atoms with E-state index in [9.17, 15) is 9.59 Å². The molecule has 1 heterocycles. The van der Waals surface area contributed by atoms with Crippen molar-refractivity contribution >= 4 is 33.4 Å². The maximum Gasteiger partial charge on any atom is 0.228 e. The second-order valence-electron chi connectivity index (χ2n) is 6.00. The molecule has 124 valence electrons. The van der Waals surface area contributed by atoms with Gasteiger partial charge in [0, 0.05) is 23.4 Å². The molecule has 2 amide bonds. The van der Waals surface area contributed by atoms with Crippen molar-refractivity contribution < 1.29 is 9.59 Å². The zero-order valence-corrected chi connectivity index (χ0v) is 14.8. The zero-order valence-electron chi connectivity index (χ0n) is 13.3. The van der Waals surface area contributed by atoms with E-state index >= 15 is 0 Å². The minimum Gasteiger partial charge on any atom is -0.352 e. The topological polar surface area (TPSA) is 71.1 Å². The lowest BCUT2D eigenvalue weighted by Gasteiger charge is -2.08. The molecule has 1 aromatic carbocycles. The Labute approximate surface area is 149 Å². The van der Waals surface area contributed by atoms with Gasteiger partial charge in [0.2, 0.25) is 11.8 Å². The van der Waals surface area contributed by atoms with Gasteiger partial charge in [-0.1, -0.05) is 12.1 Å². The standard InChI is InChI=1S/C18H18BrN3O2/c1-11-4-5-16(15(19)7-11)22-18(24)14-8-13(14)17(23)21-10-12-3-2-6-20-9-12/h2-7,9,13-14H,8,10H2,1H3,(H,21,23)(H,22,24). The number of rotatable bonds is 5. The molecule has 2 atom stereocenters. The van der Waals surface area contributed by atoms with Gasteiger partial charge < -0.3 is 10.6 Å². The van der Waals surface area contributed by atoms with Crippen LogP contribution in [0.4, 0.5) is 5.69 Å². The van der Waals surface area contributed by atoms with Crippen LogP contribution in [0.5, 0.6) is 0 Å². The van der Waals surface area contributed by atoms with Crippen LogP contribution in [0.25, 0.3) is 0 Å². The number of hydrogen-bond donors (Lipinski definition) is 2. The highest BCUT2D eigenvalue weighted by Gasteiger charge is 2.47. The van der Waals surface area contributed by atoms with E-state index in [1.807, 2.05) is 37.3 Å². The Morgan fingerprint density at radius 1 is 1.25 bits per heavy atom. The normalized spacial score (nSPS) is 18.8. The van der Waals surface area contributed by atoms with Crippen LogP contribution in [0.1, 0.15) is 17.5 Å². The van der Waals surface area contributed by atoms with Crippen LogP contribution < -0.4 is 10.6 Å². The summed E-state index contributed by atoms with van der Waals surface area (Å²) < 4.78 is 0.842. The predicted octanol–water partition coefficient (Wildman–Crippen LogP) is 3.04. The number of carbonyl (C=O) groups is 2. The molecule has 1 saturated carbocycles. The van der Waals surface area contributed by atoms with Crippen LogP contribution in [0.2, 0.25) is 0 Å². The van der Waals surface area contributed by atoms with Gasteiger partial charge in [-0.25, -0.2) is 0 Å². The van der Waals surface area contributed by atoms with Gasteiger partial charge in [0.25, 0.3) is 0 Å². The van der Waals surface area contributed by atoms with E-state index in [0.717, 1.165) is 21.3 Å². The van der Waals surface area contributed by atoms with Crippen LogP contribution in [0, 0.1) is 18.8 Å². The predicted molar refractivity (Wildman–Crippen MR) is 95.2 cm³/mol. The molecule has 3 rings (SSSR count). The second kappa shape index (κ2) is 7.13. The van der Waals surface area contributed by atoms with Crippen molar-refractivity contribution in [2.45, 2.75) is 19.9 Å². The Morgan fingerprint density at radius 3 is 2.75 bits per heavy atom. The van der Waals surface area contributed by atoms with Crippen molar-refractivity contribution in [3.63, 3.8) is 0 Å². The summed E-state index contributed by atoms with van der Waals surface area (Å²) in [5, 5.41) is 5.74. The number of anilines is 1. The molecule has 0 saturated heterocycles. The average Bonchev–Trinajstić information content (AvgIpc) is 3.37. The first-order chi connectivity index (χ1) is 11.5. The summed E-state index contributed by atoms with van der Waals surface area (Å²) in [4.78, 5) is 28.4. The van der Waals surface area contributed by atoms with Crippen LogP contribution in [-0.4, -0.2) is 16.8 Å². The summed E-state index contributed by atoms with van der Waals surface area (Å²) in [5.41, 5.74) is 2.78. The van der Waals surface area contributed by atoms with Crippen molar-refractivity contribution in [1.29, 1.82) is 0 Å². The molecule has 5 nitrogen and oxygen atoms in total. The first kappa shape index (κ1) is 16.6. The molecular weight excluding hydrogens is 370 g/mol. The SMILES string of the molecule is Cc1ccc(NC(=O)C2CC2C(=O)NCc2cccnc2)c(Br)c1. The molecule has 0 aliphatic heterocycles. The largest absolute Gasteiger partial charge is 0.352 e. The third kappa shape index (κ3) is 4.00. The average molecular weight is 388 g/mol. The smallest absolute Gasteiger partial charge is 0.228 e. The number of aryl methyl sites for hydroxylation is 1. The van der Waals surface area contributed by atoms with Crippen LogP contribution in [0.3, 0.4) is 0 Å². The van der Waals surface area contributed by atoms with Crippen molar-refractivity contribution in [1.82, 2.24) is 10.3 Å². The second-order valence-corrected chi connectivity index (χ2v) is 6.85. The highest BCUT2D eigenvalue weighted by molar-refractivity contribution is 9.10. The van der Waals surface area contributed by atoms with Gasteiger partial charge in [-0.05, 0) is 58.6 Å². The Bertz CT molecular complexity index is 764. The summed E-state index contributed by atoms with van der Waals surface area (Å²) in [6, 6.07) is 9.47. The monoisotopic (exact) mass is 387 g/mol. The molecular formula is C18H18BrN3O2. The molecule has 0 radical (unpaired) electrons. The first-order valence-corrected chi connectivity index (χ1v) is 8.57. The molecule has 1 aliphatic rings. The van der Waals surface area contributed by atoms with Gasteiger partial charge >= 0.3 is 0 Å². The molecule has 1 fully saturated rings. The van der Waals surface area contributed by atoms with Crippen molar-refractivity contribution in [2.75, 3.05) is 5.32 Å². The summed E-state index contributed by atoms with van der Waals surface area (Å²) in [7, 11) is 0. The van der Waals surface area contributed by atoms with Gasteiger partial charge in [-0.2, -0.15) is 0 Å². The molecule has 0 bridgehead atoms. The number of hydrogen-bond acceptors (Lipinski definition) is 3. The van der Waals surface area contributed by atoms with Gasteiger partial charge in [-0.3, -0.25) is 14.6 Å². The fourth-order valence-electron chi connectivity index (χ4n) is 2.54. The minimum absolute atomic E-state index is 0.0815. The van der Waals surface area contributed by atoms with Gasteiger partial charge in [-0.15, -0.1) is 0 Å². The van der Waals surface area contributed by atoms with Crippen molar-refractivity contribution in [3.8, 4) is 0 Å². The molecule has 2 aromatic rings. The summed E-state index contributed by atoms with van der Waals surface area (Å²) in [5.74, 6) is -0.693. The maximum atomic E-state index is 12.3. The van der Waals surface area contributed by atoms with Crippen LogP contribution >= 0.6 is 15.9 Å². The highest BCUT2D eigenvalue weighted by Crippen LogP contribution is 2.40. The number of halogens is 1. The summed E-state index contributed by atoms with van der Waals surface area (Å²) in [6.07, 6.45) is 4.00. The molecule has 2 unspecified atom stereocenters. The molecule has 24 heavy (non-hydrogen) atoms. The fraction of sp³-hybridized carbons (Fsp3) is 0.278. The molecule has 6 heteroatoms. The molecule has 1 aliphatic carbocycles. The zero-order chi connectivity index (χ0) is 17.1. The van der Waals surface area contributed by atoms with Crippen molar-refractivity contribution in [2.24, 2.45) is 11.8 Å². The Kier molecular flexibility index (Phi) is 4.94.